The molecular formula is C18H22N2O3. The Balaban J connectivity index is 2.08. The normalized spacial score (nSPS) is 11.6. The van der Waals surface area contributed by atoms with Gasteiger partial charge in [-0.1, -0.05) is 12.1 Å². The maximum Gasteiger partial charge on any atom is 0.253 e. The fourth-order valence-corrected chi connectivity index (χ4v) is 2.11. The molecule has 0 aliphatic heterocycles. The van der Waals surface area contributed by atoms with Gasteiger partial charge in [0.15, 0.2) is 0 Å². The van der Waals surface area contributed by atoms with E-state index in [4.69, 9.17) is 4.74 Å². The topological polar surface area (TPSA) is 70.6 Å². The van der Waals surface area contributed by atoms with Gasteiger partial charge in [0.05, 0.1) is 24.5 Å². The summed E-state index contributed by atoms with van der Waals surface area (Å²) in [5.41, 5.74) is 2.16. The van der Waals surface area contributed by atoms with Crippen molar-refractivity contribution < 1.29 is 14.6 Å². The summed E-state index contributed by atoms with van der Waals surface area (Å²) < 4.78 is 5.13. The number of benzene rings is 2. The summed E-state index contributed by atoms with van der Waals surface area (Å²) in [7, 11) is 1.62. The molecule has 23 heavy (non-hydrogen) atoms. The van der Waals surface area contributed by atoms with E-state index in [-0.39, 0.29) is 5.91 Å². The summed E-state index contributed by atoms with van der Waals surface area (Å²) in [5, 5.41) is 15.3. The number of ether oxygens (including phenoxy) is 1. The minimum absolute atomic E-state index is 0.165. The SMILES string of the molecule is COc1ccc(Nc2ccccc2C(=O)NCCC(C)O)cc1. The molecule has 0 heterocycles. The number of amides is 1. The van der Waals surface area contributed by atoms with Crippen molar-refractivity contribution in [3.63, 3.8) is 0 Å². The van der Waals surface area contributed by atoms with Crippen LogP contribution in [0.2, 0.25) is 0 Å². The van der Waals surface area contributed by atoms with Gasteiger partial charge in [-0.2, -0.15) is 0 Å². The number of rotatable bonds is 7. The predicted octanol–water partition coefficient (Wildman–Crippen LogP) is 2.94. The molecule has 5 nitrogen and oxygen atoms in total. The third kappa shape index (κ3) is 5.00. The van der Waals surface area contributed by atoms with Gasteiger partial charge in [0.25, 0.3) is 5.91 Å². The monoisotopic (exact) mass is 314 g/mol. The van der Waals surface area contributed by atoms with Gasteiger partial charge in [-0.25, -0.2) is 0 Å². The van der Waals surface area contributed by atoms with E-state index in [1.54, 1.807) is 20.1 Å². The Morgan fingerprint density at radius 3 is 2.52 bits per heavy atom. The minimum Gasteiger partial charge on any atom is -0.497 e. The van der Waals surface area contributed by atoms with Crippen LogP contribution in [0, 0.1) is 0 Å². The van der Waals surface area contributed by atoms with E-state index in [2.05, 4.69) is 10.6 Å². The Morgan fingerprint density at radius 2 is 1.87 bits per heavy atom. The average molecular weight is 314 g/mol. The average Bonchev–Trinajstić information content (AvgIpc) is 2.55. The van der Waals surface area contributed by atoms with Crippen LogP contribution in [0.3, 0.4) is 0 Å². The first-order valence-electron chi connectivity index (χ1n) is 7.56. The lowest BCUT2D eigenvalue weighted by Gasteiger charge is -2.13. The molecule has 2 aromatic rings. The third-order valence-electron chi connectivity index (χ3n) is 3.39. The van der Waals surface area contributed by atoms with Crippen molar-refractivity contribution in [3.05, 3.63) is 54.1 Å². The van der Waals surface area contributed by atoms with E-state index in [9.17, 15) is 9.90 Å². The molecule has 0 aliphatic carbocycles. The molecule has 0 aromatic heterocycles. The van der Waals surface area contributed by atoms with Gasteiger partial charge in [0, 0.05) is 12.2 Å². The molecule has 0 aliphatic rings. The van der Waals surface area contributed by atoms with Crippen molar-refractivity contribution >= 4 is 17.3 Å². The molecule has 1 atom stereocenters. The molecule has 0 spiro atoms. The zero-order valence-electron chi connectivity index (χ0n) is 13.4. The van der Waals surface area contributed by atoms with E-state index in [1.165, 1.54) is 0 Å². The predicted molar refractivity (Wildman–Crippen MR) is 91.3 cm³/mol. The standard InChI is InChI=1S/C18H22N2O3/c1-13(21)11-12-19-18(22)16-5-3-4-6-17(16)20-14-7-9-15(23-2)10-8-14/h3-10,13,20-21H,11-12H2,1-2H3,(H,19,22). The fourth-order valence-electron chi connectivity index (χ4n) is 2.11. The molecule has 122 valence electrons. The number of nitrogens with one attached hydrogen (secondary N) is 2. The highest BCUT2D eigenvalue weighted by Gasteiger charge is 2.11. The van der Waals surface area contributed by atoms with E-state index in [0.717, 1.165) is 17.1 Å². The second-order valence-corrected chi connectivity index (χ2v) is 5.29. The maximum atomic E-state index is 12.3. The highest BCUT2D eigenvalue weighted by Crippen LogP contribution is 2.22. The van der Waals surface area contributed by atoms with Crippen molar-refractivity contribution in [2.24, 2.45) is 0 Å². The van der Waals surface area contributed by atoms with Crippen LogP contribution in [0.25, 0.3) is 0 Å². The quantitative estimate of drug-likeness (QED) is 0.735. The number of aliphatic hydroxyl groups is 1. The van der Waals surface area contributed by atoms with E-state index in [0.29, 0.717) is 18.5 Å². The van der Waals surface area contributed by atoms with Gasteiger partial charge in [-0.05, 0) is 49.7 Å². The lowest BCUT2D eigenvalue weighted by atomic mass is 10.1. The summed E-state index contributed by atoms with van der Waals surface area (Å²) in [6.07, 6.45) is 0.0998. The number of carbonyl (C=O) groups excluding carboxylic acids is 1. The van der Waals surface area contributed by atoms with Crippen molar-refractivity contribution in [2.45, 2.75) is 19.4 Å². The molecular weight excluding hydrogens is 292 g/mol. The highest BCUT2D eigenvalue weighted by atomic mass is 16.5. The van der Waals surface area contributed by atoms with Gasteiger partial charge < -0.3 is 20.5 Å². The van der Waals surface area contributed by atoms with Gasteiger partial charge in [0.2, 0.25) is 0 Å². The molecule has 1 amide bonds. The molecule has 0 radical (unpaired) electrons. The molecule has 5 heteroatoms. The molecule has 3 N–H and O–H groups in total. The van der Waals surface area contributed by atoms with Gasteiger partial charge in [-0.3, -0.25) is 4.79 Å². The number of hydrogen-bond acceptors (Lipinski definition) is 4. The number of carbonyl (C=O) groups is 1. The zero-order valence-corrected chi connectivity index (χ0v) is 13.4. The van der Waals surface area contributed by atoms with Crippen LogP contribution in [0.15, 0.2) is 48.5 Å². The molecule has 2 aromatic carbocycles. The number of para-hydroxylation sites is 1. The van der Waals surface area contributed by atoms with Crippen molar-refractivity contribution in [2.75, 3.05) is 19.0 Å². The third-order valence-corrected chi connectivity index (χ3v) is 3.39. The lowest BCUT2D eigenvalue weighted by molar-refractivity contribution is 0.0946. The Morgan fingerprint density at radius 1 is 1.17 bits per heavy atom. The molecule has 0 fully saturated rings. The minimum atomic E-state index is -0.428. The Kier molecular flexibility index (Phi) is 6.00. The highest BCUT2D eigenvalue weighted by molar-refractivity contribution is 6.00. The smallest absolute Gasteiger partial charge is 0.253 e. The summed E-state index contributed by atoms with van der Waals surface area (Å²) in [5.74, 6) is 0.613. The van der Waals surface area contributed by atoms with Crippen LogP contribution < -0.4 is 15.4 Å². The maximum absolute atomic E-state index is 12.3. The van der Waals surface area contributed by atoms with Crippen LogP contribution in [-0.2, 0) is 0 Å². The van der Waals surface area contributed by atoms with Crippen molar-refractivity contribution in [1.29, 1.82) is 0 Å². The molecule has 1 unspecified atom stereocenters. The molecule has 0 saturated heterocycles. The van der Waals surface area contributed by atoms with Crippen LogP contribution in [0.4, 0.5) is 11.4 Å². The van der Waals surface area contributed by atoms with E-state index >= 15 is 0 Å². The summed E-state index contributed by atoms with van der Waals surface area (Å²) in [4.78, 5) is 12.3. The number of anilines is 2. The number of aliphatic hydroxyl groups excluding tert-OH is 1. The number of methoxy groups -OCH3 is 1. The van der Waals surface area contributed by atoms with Crippen LogP contribution in [0.1, 0.15) is 23.7 Å². The fraction of sp³-hybridized carbons (Fsp3) is 0.278. The zero-order chi connectivity index (χ0) is 16.7. The first-order valence-corrected chi connectivity index (χ1v) is 7.56. The van der Waals surface area contributed by atoms with Gasteiger partial charge >= 0.3 is 0 Å². The second kappa shape index (κ2) is 8.19. The van der Waals surface area contributed by atoms with E-state index < -0.39 is 6.10 Å². The van der Waals surface area contributed by atoms with Gasteiger partial charge in [0.1, 0.15) is 5.75 Å². The van der Waals surface area contributed by atoms with Crippen molar-refractivity contribution in [1.82, 2.24) is 5.32 Å². The van der Waals surface area contributed by atoms with Gasteiger partial charge in [-0.15, -0.1) is 0 Å². The Hall–Kier alpha value is -2.53. The Bertz CT molecular complexity index is 639. The second-order valence-electron chi connectivity index (χ2n) is 5.29. The molecule has 2 rings (SSSR count). The Labute approximate surface area is 136 Å². The largest absolute Gasteiger partial charge is 0.497 e. The first-order chi connectivity index (χ1) is 11.1. The number of hydrogen-bond donors (Lipinski definition) is 3. The van der Waals surface area contributed by atoms with Crippen LogP contribution >= 0.6 is 0 Å². The summed E-state index contributed by atoms with van der Waals surface area (Å²) >= 11 is 0. The van der Waals surface area contributed by atoms with Crippen LogP contribution in [-0.4, -0.2) is 30.8 Å². The van der Waals surface area contributed by atoms with E-state index in [1.807, 2.05) is 42.5 Å². The molecule has 0 saturated carbocycles. The van der Waals surface area contributed by atoms with Crippen molar-refractivity contribution in [3.8, 4) is 5.75 Å². The first kappa shape index (κ1) is 16.8. The lowest BCUT2D eigenvalue weighted by Crippen LogP contribution is -2.27. The van der Waals surface area contributed by atoms with Crippen LogP contribution in [0.5, 0.6) is 5.75 Å². The summed E-state index contributed by atoms with van der Waals surface area (Å²) in [6, 6.07) is 14.8. The summed E-state index contributed by atoms with van der Waals surface area (Å²) in [6.45, 7) is 2.14. The molecule has 0 bridgehead atoms.